The molecule has 0 atom stereocenters. The first kappa shape index (κ1) is 17.2. The Morgan fingerprint density at radius 2 is 1.95 bits per heavy atom. The molecule has 0 aliphatic carbocycles. The molecule has 1 aromatic carbocycles. The van der Waals surface area contributed by atoms with Gasteiger partial charge in [0.05, 0.1) is 15.2 Å². The van der Waals surface area contributed by atoms with Gasteiger partial charge in [-0.1, -0.05) is 22.0 Å². The Hall–Kier alpha value is -1.18. The van der Waals surface area contributed by atoms with E-state index in [1.165, 1.54) is 16.2 Å². The minimum atomic E-state index is -0.234. The summed E-state index contributed by atoms with van der Waals surface area (Å²) in [6.45, 7) is 1.97. The van der Waals surface area contributed by atoms with Crippen LogP contribution in [0, 0.1) is 6.92 Å². The van der Waals surface area contributed by atoms with Crippen LogP contribution >= 0.6 is 43.2 Å². The second-order valence-electron chi connectivity index (χ2n) is 4.78. The minimum Gasteiger partial charge on any atom is -0.332 e. The number of halogens is 2. The fourth-order valence-corrected chi connectivity index (χ4v) is 3.54. The van der Waals surface area contributed by atoms with E-state index in [1.54, 1.807) is 13.1 Å². The molecular weight excluding hydrogens is 432 g/mol. The zero-order valence-corrected chi connectivity index (χ0v) is 16.0. The number of hydrogen-bond acceptors (Lipinski definition) is 3. The Bertz CT molecular complexity index is 715. The van der Waals surface area contributed by atoms with E-state index in [0.717, 1.165) is 13.8 Å². The molecule has 22 heavy (non-hydrogen) atoms. The van der Waals surface area contributed by atoms with Crippen molar-refractivity contribution in [1.29, 1.82) is 0 Å². The molecule has 2 rings (SSSR count). The monoisotopic (exact) mass is 444 g/mol. The van der Waals surface area contributed by atoms with Crippen LogP contribution in [0.15, 0.2) is 38.6 Å². The first-order valence-electron chi connectivity index (χ1n) is 6.43. The van der Waals surface area contributed by atoms with Gasteiger partial charge in [0.15, 0.2) is 0 Å². The van der Waals surface area contributed by atoms with Crippen LogP contribution < -0.4 is 5.32 Å². The smallest absolute Gasteiger partial charge is 0.264 e. The topological polar surface area (TPSA) is 49.4 Å². The Balaban J connectivity index is 1.96. The highest BCUT2D eigenvalue weighted by Gasteiger charge is 2.16. The normalized spacial score (nSPS) is 10.4. The van der Waals surface area contributed by atoms with Crippen LogP contribution in [-0.4, -0.2) is 30.3 Å². The third-order valence-electron chi connectivity index (χ3n) is 2.97. The van der Waals surface area contributed by atoms with Crippen LogP contribution in [0.1, 0.15) is 15.2 Å². The molecule has 0 aliphatic heterocycles. The summed E-state index contributed by atoms with van der Waals surface area (Å²) in [5.74, 6) is -0.404. The molecule has 0 unspecified atom stereocenters. The number of benzene rings is 1. The van der Waals surface area contributed by atoms with Crippen LogP contribution in [0.25, 0.3) is 0 Å². The summed E-state index contributed by atoms with van der Waals surface area (Å²) in [7, 11) is 1.61. The number of aryl methyl sites for hydroxylation is 1. The minimum absolute atomic E-state index is 0.000151. The second kappa shape index (κ2) is 7.39. The summed E-state index contributed by atoms with van der Waals surface area (Å²) in [4.78, 5) is 26.2. The van der Waals surface area contributed by atoms with Gasteiger partial charge in [-0.3, -0.25) is 9.59 Å². The highest BCUT2D eigenvalue weighted by molar-refractivity contribution is 9.11. The summed E-state index contributed by atoms with van der Waals surface area (Å²) in [5, 5.41) is 2.78. The summed E-state index contributed by atoms with van der Waals surface area (Å²) in [6, 6.07) is 9.14. The number of thiophene rings is 1. The van der Waals surface area contributed by atoms with E-state index in [9.17, 15) is 9.59 Å². The largest absolute Gasteiger partial charge is 0.332 e. The number of rotatable bonds is 4. The van der Waals surface area contributed by atoms with Gasteiger partial charge >= 0.3 is 0 Å². The van der Waals surface area contributed by atoms with Gasteiger partial charge in [-0.2, -0.15) is 0 Å². The highest BCUT2D eigenvalue weighted by Crippen LogP contribution is 2.23. The molecular formula is C15H14Br2N2O2S. The maximum absolute atomic E-state index is 12.2. The summed E-state index contributed by atoms with van der Waals surface area (Å²) in [6.07, 6.45) is 0. The molecule has 116 valence electrons. The molecule has 1 N–H and O–H groups in total. The molecule has 0 bridgehead atoms. The predicted octanol–water partition coefficient (Wildman–Crippen LogP) is 4.29. The number of carbonyl (C=O) groups is 2. The number of nitrogens with one attached hydrogen (secondary N) is 1. The zero-order valence-electron chi connectivity index (χ0n) is 12.0. The fourth-order valence-electron chi connectivity index (χ4n) is 1.78. The van der Waals surface area contributed by atoms with Crippen molar-refractivity contribution in [3.8, 4) is 0 Å². The molecule has 0 spiro atoms. The van der Waals surface area contributed by atoms with Crippen molar-refractivity contribution in [3.63, 3.8) is 0 Å². The molecule has 1 heterocycles. The van der Waals surface area contributed by atoms with E-state index in [2.05, 4.69) is 37.2 Å². The standard InChI is InChI=1S/C15H14Br2N2O2S/c1-9-3-4-10(7-11(9)16)18-14(20)8-19(2)15(21)12-5-6-13(17)22-12/h3-7H,8H2,1-2H3,(H,18,20). The zero-order chi connectivity index (χ0) is 16.3. The number of carbonyl (C=O) groups excluding carboxylic acids is 2. The van der Waals surface area contributed by atoms with Crippen molar-refractivity contribution >= 4 is 60.7 Å². The Morgan fingerprint density at radius 3 is 2.55 bits per heavy atom. The van der Waals surface area contributed by atoms with Gasteiger partial charge in [-0.05, 0) is 52.7 Å². The van der Waals surface area contributed by atoms with Gasteiger partial charge in [-0.25, -0.2) is 0 Å². The lowest BCUT2D eigenvalue weighted by molar-refractivity contribution is -0.116. The van der Waals surface area contributed by atoms with E-state index >= 15 is 0 Å². The van der Waals surface area contributed by atoms with Crippen LogP contribution in [0.3, 0.4) is 0 Å². The van der Waals surface area contributed by atoms with Crippen LogP contribution in [-0.2, 0) is 4.79 Å². The first-order valence-corrected chi connectivity index (χ1v) is 8.84. The van der Waals surface area contributed by atoms with E-state index in [4.69, 9.17) is 0 Å². The van der Waals surface area contributed by atoms with E-state index in [0.29, 0.717) is 10.6 Å². The van der Waals surface area contributed by atoms with E-state index in [1.807, 2.05) is 31.2 Å². The van der Waals surface area contributed by atoms with E-state index < -0.39 is 0 Å². The molecule has 2 aromatic rings. The number of anilines is 1. The van der Waals surface area contributed by atoms with E-state index in [-0.39, 0.29) is 18.4 Å². The molecule has 4 nitrogen and oxygen atoms in total. The molecule has 0 fully saturated rings. The van der Waals surface area contributed by atoms with Gasteiger partial charge in [0.1, 0.15) is 0 Å². The average molecular weight is 446 g/mol. The third kappa shape index (κ3) is 4.41. The average Bonchev–Trinajstić information content (AvgIpc) is 2.88. The molecule has 0 radical (unpaired) electrons. The number of amides is 2. The van der Waals surface area contributed by atoms with Crippen molar-refractivity contribution in [2.24, 2.45) is 0 Å². The van der Waals surface area contributed by atoms with Gasteiger partial charge in [0.2, 0.25) is 5.91 Å². The Labute approximate surface area is 149 Å². The van der Waals surface area contributed by atoms with Gasteiger partial charge < -0.3 is 10.2 Å². The molecule has 0 aliphatic rings. The Morgan fingerprint density at radius 1 is 1.23 bits per heavy atom. The molecule has 0 saturated carbocycles. The maximum Gasteiger partial charge on any atom is 0.264 e. The summed E-state index contributed by atoms with van der Waals surface area (Å²) >= 11 is 8.09. The number of nitrogens with zero attached hydrogens (tertiary/aromatic N) is 1. The highest BCUT2D eigenvalue weighted by atomic mass is 79.9. The lowest BCUT2D eigenvalue weighted by atomic mass is 10.2. The van der Waals surface area contributed by atoms with Gasteiger partial charge in [0.25, 0.3) is 5.91 Å². The fraction of sp³-hybridized carbons (Fsp3) is 0.200. The van der Waals surface area contributed by atoms with Crippen molar-refractivity contribution in [2.45, 2.75) is 6.92 Å². The number of likely N-dealkylation sites (N-methyl/N-ethyl adjacent to an activating group) is 1. The van der Waals surface area contributed by atoms with Crippen molar-refractivity contribution in [3.05, 3.63) is 49.0 Å². The predicted molar refractivity (Wildman–Crippen MR) is 96.5 cm³/mol. The molecule has 7 heteroatoms. The van der Waals surface area contributed by atoms with Crippen molar-refractivity contribution in [2.75, 3.05) is 18.9 Å². The van der Waals surface area contributed by atoms with Crippen LogP contribution in [0.5, 0.6) is 0 Å². The second-order valence-corrected chi connectivity index (χ2v) is 8.09. The molecule has 2 amide bonds. The number of hydrogen-bond donors (Lipinski definition) is 1. The summed E-state index contributed by atoms with van der Waals surface area (Å²) in [5.41, 5.74) is 1.79. The van der Waals surface area contributed by atoms with Gasteiger partial charge in [0, 0.05) is 17.2 Å². The molecule has 1 aromatic heterocycles. The third-order valence-corrected chi connectivity index (χ3v) is 5.43. The quantitative estimate of drug-likeness (QED) is 0.762. The molecule has 0 saturated heterocycles. The van der Waals surface area contributed by atoms with Crippen molar-refractivity contribution < 1.29 is 9.59 Å². The SMILES string of the molecule is Cc1ccc(NC(=O)CN(C)C(=O)c2ccc(Br)s2)cc1Br. The van der Waals surface area contributed by atoms with Gasteiger partial charge in [-0.15, -0.1) is 11.3 Å². The Kier molecular flexibility index (Phi) is 5.77. The van der Waals surface area contributed by atoms with Crippen LogP contribution in [0.4, 0.5) is 5.69 Å². The maximum atomic E-state index is 12.2. The first-order chi connectivity index (χ1) is 10.4. The van der Waals surface area contributed by atoms with Crippen molar-refractivity contribution in [1.82, 2.24) is 4.90 Å². The summed E-state index contributed by atoms with van der Waals surface area (Å²) < 4.78 is 1.82. The lowest BCUT2D eigenvalue weighted by Gasteiger charge is -2.16. The van der Waals surface area contributed by atoms with Crippen LogP contribution in [0.2, 0.25) is 0 Å². The lowest BCUT2D eigenvalue weighted by Crippen LogP contribution is -2.34.